The minimum atomic E-state index is 0.696. The van der Waals surface area contributed by atoms with Crippen molar-refractivity contribution in [1.82, 2.24) is 0 Å². The molecule has 0 bridgehead atoms. The third-order valence-corrected chi connectivity index (χ3v) is 7.52. The zero-order valence-corrected chi connectivity index (χ0v) is 14.7. The van der Waals surface area contributed by atoms with E-state index in [4.69, 9.17) is 0 Å². The second-order valence-corrected chi connectivity index (χ2v) is 8.48. The van der Waals surface area contributed by atoms with Crippen LogP contribution in [0.3, 0.4) is 0 Å². The van der Waals surface area contributed by atoms with Crippen molar-refractivity contribution in [2.24, 2.45) is 0 Å². The van der Waals surface area contributed by atoms with E-state index in [1.807, 2.05) is 0 Å². The fourth-order valence-electron chi connectivity index (χ4n) is 6.61. The van der Waals surface area contributed by atoms with Crippen LogP contribution in [0, 0.1) is 0 Å². The molecule has 1 fully saturated rings. The average Bonchev–Trinajstić information content (AvgIpc) is 3.18. The summed E-state index contributed by atoms with van der Waals surface area (Å²) in [6.45, 7) is 0. The summed E-state index contributed by atoms with van der Waals surface area (Å²) in [5.41, 5.74) is 6.46. The van der Waals surface area contributed by atoms with Gasteiger partial charge in [-0.3, -0.25) is 0 Å². The number of fused-ring (bicyclic) bond motifs is 6. The molecule has 0 aromatic heterocycles. The summed E-state index contributed by atoms with van der Waals surface area (Å²) in [5.74, 6) is 2.78. The molecule has 0 unspecified atom stereocenters. The largest absolute Gasteiger partial charge is 0.0613 e. The van der Waals surface area contributed by atoms with Crippen molar-refractivity contribution in [1.29, 1.82) is 0 Å². The van der Waals surface area contributed by atoms with E-state index in [0.717, 1.165) is 0 Å². The lowest BCUT2D eigenvalue weighted by atomic mass is 9.66. The Balaban J connectivity index is 1.45. The van der Waals surface area contributed by atoms with Crippen molar-refractivity contribution in [3.05, 3.63) is 95.1 Å². The molecule has 0 aliphatic heterocycles. The Kier molecular flexibility index (Phi) is 2.39. The fraction of sp³-hybridized carbons (Fsp3) is 0.231. The van der Waals surface area contributed by atoms with Gasteiger partial charge >= 0.3 is 0 Å². The van der Waals surface area contributed by atoms with Crippen LogP contribution >= 0.6 is 0 Å². The Labute approximate surface area is 153 Å². The highest BCUT2D eigenvalue weighted by Gasteiger charge is 2.46. The second-order valence-electron chi connectivity index (χ2n) is 8.48. The predicted octanol–water partition coefficient (Wildman–Crippen LogP) is 6.85. The highest BCUT2D eigenvalue weighted by atomic mass is 14.5. The van der Waals surface area contributed by atoms with Gasteiger partial charge < -0.3 is 0 Å². The Morgan fingerprint density at radius 1 is 0.423 bits per heavy atom. The highest BCUT2D eigenvalue weighted by Crippen LogP contribution is 2.63. The van der Waals surface area contributed by atoms with Crippen molar-refractivity contribution in [3.8, 4) is 0 Å². The van der Waals surface area contributed by atoms with Crippen LogP contribution in [0.4, 0.5) is 0 Å². The van der Waals surface area contributed by atoms with Crippen LogP contribution in [-0.4, -0.2) is 0 Å². The van der Waals surface area contributed by atoms with Gasteiger partial charge in [0.25, 0.3) is 0 Å². The Morgan fingerprint density at radius 3 is 1.04 bits per heavy atom. The van der Waals surface area contributed by atoms with E-state index in [1.54, 1.807) is 33.0 Å². The number of rotatable bonds is 0. The van der Waals surface area contributed by atoms with Gasteiger partial charge in [-0.15, -0.1) is 0 Å². The molecule has 0 saturated heterocycles. The summed E-state index contributed by atoms with van der Waals surface area (Å²) in [4.78, 5) is 0. The first kappa shape index (κ1) is 13.6. The molecule has 4 aromatic carbocycles. The van der Waals surface area contributed by atoms with Gasteiger partial charge in [-0.1, -0.05) is 72.8 Å². The van der Waals surface area contributed by atoms with Crippen molar-refractivity contribution in [2.45, 2.75) is 36.5 Å². The van der Waals surface area contributed by atoms with Crippen LogP contribution in [-0.2, 0) is 0 Å². The molecule has 0 N–H and O–H groups in total. The molecule has 0 heterocycles. The normalized spacial score (nSPS) is 27.7. The smallest absolute Gasteiger partial charge is 0.00804 e. The monoisotopic (exact) mass is 332 g/mol. The molecule has 3 aliphatic rings. The van der Waals surface area contributed by atoms with Gasteiger partial charge in [-0.25, -0.2) is 0 Å². The number of hydrogen-bond acceptors (Lipinski definition) is 0. The summed E-state index contributed by atoms with van der Waals surface area (Å²) in [5, 5.41) is 6.00. The zero-order chi connectivity index (χ0) is 16.8. The maximum atomic E-state index is 2.40. The van der Waals surface area contributed by atoms with E-state index in [1.165, 1.54) is 23.6 Å². The van der Waals surface area contributed by atoms with E-state index in [0.29, 0.717) is 23.7 Å². The molecule has 124 valence electrons. The van der Waals surface area contributed by atoms with E-state index >= 15 is 0 Å². The van der Waals surface area contributed by atoms with E-state index in [2.05, 4.69) is 72.8 Å². The van der Waals surface area contributed by atoms with E-state index in [9.17, 15) is 0 Å². The quantitative estimate of drug-likeness (QED) is 0.330. The maximum absolute atomic E-state index is 2.40. The van der Waals surface area contributed by atoms with Crippen LogP contribution in [0.2, 0.25) is 0 Å². The number of benzene rings is 4. The predicted molar refractivity (Wildman–Crippen MR) is 108 cm³/mol. The van der Waals surface area contributed by atoms with Crippen LogP contribution in [0.25, 0.3) is 21.5 Å². The Bertz CT molecular complexity index is 1030. The lowest BCUT2D eigenvalue weighted by Crippen LogP contribution is -2.22. The van der Waals surface area contributed by atoms with Crippen LogP contribution in [0.15, 0.2) is 72.8 Å². The third kappa shape index (κ3) is 1.49. The topological polar surface area (TPSA) is 0 Å². The lowest BCUT2D eigenvalue weighted by molar-refractivity contribution is 0.326. The van der Waals surface area contributed by atoms with E-state index in [-0.39, 0.29) is 0 Å². The first-order chi connectivity index (χ1) is 12.9. The van der Waals surface area contributed by atoms with Gasteiger partial charge in [0.05, 0.1) is 0 Å². The molecule has 7 rings (SSSR count). The van der Waals surface area contributed by atoms with Crippen LogP contribution in [0.1, 0.15) is 58.8 Å². The standard InChI is InChI=1S/C26H20/c1-5-15-6-2-10-18-22-14-24-20-12-4-8-16-7-3-11-19(26(16)20)23(24)13-21(22)17(9-1)25(15)18/h1-12,21-24H,13-14H2/t21-,22-,23-,24+/m1/s1. The van der Waals surface area contributed by atoms with Gasteiger partial charge in [0, 0.05) is 0 Å². The molecule has 0 spiro atoms. The summed E-state index contributed by atoms with van der Waals surface area (Å²) >= 11 is 0. The second kappa shape index (κ2) is 4.57. The molecule has 4 aromatic rings. The summed E-state index contributed by atoms with van der Waals surface area (Å²) in [6, 6.07) is 27.8. The molecule has 0 heteroatoms. The van der Waals surface area contributed by atoms with Gasteiger partial charge in [0.1, 0.15) is 0 Å². The minimum Gasteiger partial charge on any atom is -0.0613 e. The van der Waals surface area contributed by atoms with Crippen molar-refractivity contribution in [3.63, 3.8) is 0 Å². The molecular weight excluding hydrogens is 312 g/mol. The molecule has 1 saturated carbocycles. The van der Waals surface area contributed by atoms with E-state index < -0.39 is 0 Å². The summed E-state index contributed by atoms with van der Waals surface area (Å²) < 4.78 is 0. The first-order valence-corrected chi connectivity index (χ1v) is 9.93. The third-order valence-electron chi connectivity index (χ3n) is 7.52. The van der Waals surface area contributed by atoms with Crippen molar-refractivity contribution < 1.29 is 0 Å². The van der Waals surface area contributed by atoms with Gasteiger partial charge in [-0.2, -0.15) is 0 Å². The van der Waals surface area contributed by atoms with Crippen molar-refractivity contribution >= 4 is 21.5 Å². The number of hydrogen-bond donors (Lipinski definition) is 0. The minimum absolute atomic E-state index is 0.696. The van der Waals surface area contributed by atoms with Crippen LogP contribution in [0.5, 0.6) is 0 Å². The zero-order valence-electron chi connectivity index (χ0n) is 14.7. The fourth-order valence-corrected chi connectivity index (χ4v) is 6.61. The van der Waals surface area contributed by atoms with Gasteiger partial charge in [0.15, 0.2) is 0 Å². The highest BCUT2D eigenvalue weighted by molar-refractivity contribution is 5.94. The molecule has 0 nitrogen and oxygen atoms in total. The molecular formula is C26H20. The molecule has 0 radical (unpaired) electrons. The van der Waals surface area contributed by atoms with Gasteiger partial charge in [-0.05, 0) is 80.3 Å². The molecule has 4 atom stereocenters. The molecule has 26 heavy (non-hydrogen) atoms. The molecule has 3 aliphatic carbocycles. The summed E-state index contributed by atoms with van der Waals surface area (Å²) in [6.07, 6.45) is 2.60. The first-order valence-electron chi connectivity index (χ1n) is 9.93. The van der Waals surface area contributed by atoms with Gasteiger partial charge in [0.2, 0.25) is 0 Å². The maximum Gasteiger partial charge on any atom is -0.00804 e. The lowest BCUT2D eigenvalue weighted by Gasteiger charge is -2.37. The molecule has 0 amide bonds. The SMILES string of the molecule is c1cc2c3c(cccc3c1)[C@H]1C[C@H]3c4cccc5cccc(c45)[C@H]3C[C@H]21. The Hall–Kier alpha value is -2.60. The Morgan fingerprint density at radius 2 is 0.731 bits per heavy atom. The average molecular weight is 332 g/mol. The van der Waals surface area contributed by atoms with Crippen molar-refractivity contribution in [2.75, 3.05) is 0 Å². The van der Waals surface area contributed by atoms with Crippen LogP contribution < -0.4 is 0 Å². The summed E-state index contributed by atoms with van der Waals surface area (Å²) in [7, 11) is 0.